The van der Waals surface area contributed by atoms with E-state index >= 15 is 0 Å². The lowest BCUT2D eigenvalue weighted by Gasteiger charge is -2.14. The van der Waals surface area contributed by atoms with Gasteiger partial charge in [-0.2, -0.15) is 0 Å². The number of benzene rings is 2. The van der Waals surface area contributed by atoms with Crippen LogP contribution < -0.4 is 15.4 Å². The predicted octanol–water partition coefficient (Wildman–Crippen LogP) is 3.53. The SMILES string of the molecule is CCCOCc1ccccc1CNC(=NC)NCCc1ccc(OC)cc1. The summed E-state index contributed by atoms with van der Waals surface area (Å²) in [5, 5.41) is 6.75. The summed E-state index contributed by atoms with van der Waals surface area (Å²) in [4.78, 5) is 4.31. The van der Waals surface area contributed by atoms with Gasteiger partial charge < -0.3 is 20.1 Å². The highest BCUT2D eigenvalue weighted by Gasteiger charge is 2.04. The van der Waals surface area contributed by atoms with E-state index in [4.69, 9.17) is 9.47 Å². The molecule has 0 fully saturated rings. The molecule has 0 aliphatic heterocycles. The van der Waals surface area contributed by atoms with Crippen LogP contribution in [0.5, 0.6) is 5.75 Å². The van der Waals surface area contributed by atoms with Gasteiger partial charge in [0.2, 0.25) is 0 Å². The van der Waals surface area contributed by atoms with Gasteiger partial charge in [0, 0.05) is 26.7 Å². The molecule has 0 heterocycles. The molecule has 27 heavy (non-hydrogen) atoms. The third-order valence-electron chi connectivity index (χ3n) is 4.26. The Bertz CT molecular complexity index is 699. The van der Waals surface area contributed by atoms with E-state index in [2.05, 4.69) is 58.9 Å². The predicted molar refractivity (Wildman–Crippen MR) is 111 cm³/mol. The number of hydrogen-bond acceptors (Lipinski definition) is 3. The van der Waals surface area contributed by atoms with Crippen LogP contribution in [0.3, 0.4) is 0 Å². The lowest BCUT2D eigenvalue weighted by Crippen LogP contribution is -2.38. The molecule has 2 aromatic carbocycles. The summed E-state index contributed by atoms with van der Waals surface area (Å²) in [6, 6.07) is 16.5. The van der Waals surface area contributed by atoms with Gasteiger partial charge in [-0.25, -0.2) is 0 Å². The molecule has 0 spiro atoms. The Kier molecular flexibility index (Phi) is 9.21. The van der Waals surface area contributed by atoms with Crippen LogP contribution in [-0.2, 0) is 24.3 Å². The van der Waals surface area contributed by atoms with Crippen LogP contribution >= 0.6 is 0 Å². The minimum Gasteiger partial charge on any atom is -0.497 e. The Morgan fingerprint density at radius 1 is 1.00 bits per heavy atom. The molecule has 5 heteroatoms. The van der Waals surface area contributed by atoms with E-state index in [1.165, 1.54) is 16.7 Å². The summed E-state index contributed by atoms with van der Waals surface area (Å²) < 4.78 is 10.9. The maximum atomic E-state index is 5.69. The second kappa shape index (κ2) is 12.0. The fourth-order valence-corrected chi connectivity index (χ4v) is 2.71. The van der Waals surface area contributed by atoms with Crippen LogP contribution in [-0.4, -0.2) is 33.3 Å². The average Bonchev–Trinajstić information content (AvgIpc) is 2.72. The lowest BCUT2D eigenvalue weighted by atomic mass is 10.1. The number of guanidine groups is 1. The molecule has 0 aliphatic rings. The quantitative estimate of drug-likeness (QED) is 0.382. The molecule has 0 aliphatic carbocycles. The maximum absolute atomic E-state index is 5.69. The van der Waals surface area contributed by atoms with Crippen molar-refractivity contribution in [3.8, 4) is 5.75 Å². The second-order valence-corrected chi connectivity index (χ2v) is 6.27. The molecule has 0 radical (unpaired) electrons. The fraction of sp³-hybridized carbons (Fsp3) is 0.409. The maximum Gasteiger partial charge on any atom is 0.191 e. The molecule has 0 saturated carbocycles. The number of nitrogens with one attached hydrogen (secondary N) is 2. The monoisotopic (exact) mass is 369 g/mol. The zero-order valence-corrected chi connectivity index (χ0v) is 16.6. The van der Waals surface area contributed by atoms with Gasteiger partial charge in [0.05, 0.1) is 13.7 Å². The number of aliphatic imine (C=N–C) groups is 1. The van der Waals surface area contributed by atoms with Crippen molar-refractivity contribution in [3.05, 3.63) is 65.2 Å². The normalized spacial score (nSPS) is 11.3. The number of ether oxygens (including phenoxy) is 2. The van der Waals surface area contributed by atoms with Gasteiger partial charge in [-0.05, 0) is 41.7 Å². The highest BCUT2D eigenvalue weighted by atomic mass is 16.5. The summed E-state index contributed by atoms with van der Waals surface area (Å²) in [6.45, 7) is 5.09. The zero-order valence-electron chi connectivity index (χ0n) is 16.6. The highest BCUT2D eigenvalue weighted by molar-refractivity contribution is 5.79. The molecule has 0 atom stereocenters. The molecule has 2 aromatic rings. The van der Waals surface area contributed by atoms with Crippen molar-refractivity contribution in [2.45, 2.75) is 32.9 Å². The topological polar surface area (TPSA) is 54.9 Å². The third-order valence-corrected chi connectivity index (χ3v) is 4.26. The summed E-state index contributed by atoms with van der Waals surface area (Å²) in [5.41, 5.74) is 3.70. The lowest BCUT2D eigenvalue weighted by molar-refractivity contribution is 0.121. The first-order chi connectivity index (χ1) is 13.3. The van der Waals surface area contributed by atoms with E-state index < -0.39 is 0 Å². The fourth-order valence-electron chi connectivity index (χ4n) is 2.71. The second-order valence-electron chi connectivity index (χ2n) is 6.27. The largest absolute Gasteiger partial charge is 0.497 e. The van der Waals surface area contributed by atoms with Crippen LogP contribution in [0, 0.1) is 0 Å². The van der Waals surface area contributed by atoms with Crippen molar-refractivity contribution < 1.29 is 9.47 Å². The molecule has 0 saturated heterocycles. The Balaban J connectivity index is 1.79. The van der Waals surface area contributed by atoms with Crippen LogP contribution in [0.25, 0.3) is 0 Å². The van der Waals surface area contributed by atoms with Gasteiger partial charge in [-0.3, -0.25) is 4.99 Å². The van der Waals surface area contributed by atoms with Gasteiger partial charge >= 0.3 is 0 Å². The highest BCUT2D eigenvalue weighted by Crippen LogP contribution is 2.12. The molecule has 5 nitrogen and oxygen atoms in total. The van der Waals surface area contributed by atoms with E-state index in [1.807, 2.05) is 12.1 Å². The van der Waals surface area contributed by atoms with Crippen LogP contribution in [0.1, 0.15) is 30.0 Å². The van der Waals surface area contributed by atoms with E-state index in [1.54, 1.807) is 14.2 Å². The van der Waals surface area contributed by atoms with Gasteiger partial charge in [0.25, 0.3) is 0 Å². The molecule has 0 bridgehead atoms. The van der Waals surface area contributed by atoms with Crippen LogP contribution in [0.15, 0.2) is 53.5 Å². The van der Waals surface area contributed by atoms with Gasteiger partial charge in [-0.15, -0.1) is 0 Å². The first kappa shape index (κ1) is 20.8. The number of hydrogen-bond donors (Lipinski definition) is 2. The Morgan fingerprint density at radius 2 is 1.74 bits per heavy atom. The molecule has 146 valence electrons. The van der Waals surface area contributed by atoms with Crippen LogP contribution in [0.2, 0.25) is 0 Å². The van der Waals surface area contributed by atoms with E-state index in [0.29, 0.717) is 13.2 Å². The third kappa shape index (κ3) is 7.31. The first-order valence-corrected chi connectivity index (χ1v) is 9.48. The van der Waals surface area contributed by atoms with Crippen molar-refractivity contribution in [1.29, 1.82) is 0 Å². The van der Waals surface area contributed by atoms with Crippen LogP contribution in [0.4, 0.5) is 0 Å². The molecular weight excluding hydrogens is 338 g/mol. The molecule has 2 rings (SSSR count). The van der Waals surface area contributed by atoms with Gasteiger partial charge in [0.15, 0.2) is 5.96 Å². The number of methoxy groups -OCH3 is 1. The minimum absolute atomic E-state index is 0.648. The molecule has 2 N–H and O–H groups in total. The van der Waals surface area contributed by atoms with E-state index in [9.17, 15) is 0 Å². The van der Waals surface area contributed by atoms with Crippen molar-refractivity contribution in [2.75, 3.05) is 27.3 Å². The summed E-state index contributed by atoms with van der Waals surface area (Å²) in [6.07, 6.45) is 1.96. The average molecular weight is 370 g/mol. The van der Waals surface area contributed by atoms with Crippen molar-refractivity contribution in [2.24, 2.45) is 4.99 Å². The summed E-state index contributed by atoms with van der Waals surface area (Å²) >= 11 is 0. The molecular formula is C22H31N3O2. The first-order valence-electron chi connectivity index (χ1n) is 9.48. The van der Waals surface area contributed by atoms with Crippen molar-refractivity contribution >= 4 is 5.96 Å². The Morgan fingerprint density at radius 3 is 2.41 bits per heavy atom. The number of rotatable bonds is 10. The van der Waals surface area contributed by atoms with Crippen molar-refractivity contribution in [3.63, 3.8) is 0 Å². The Hall–Kier alpha value is -2.53. The van der Waals surface area contributed by atoms with Gasteiger partial charge in [0.1, 0.15) is 5.75 Å². The minimum atomic E-state index is 0.648. The van der Waals surface area contributed by atoms with Gasteiger partial charge in [-0.1, -0.05) is 43.3 Å². The van der Waals surface area contributed by atoms with E-state index in [-0.39, 0.29) is 0 Å². The standard InChI is InChI=1S/C22H31N3O2/c1-4-15-27-17-20-8-6-5-7-19(20)16-25-22(23-2)24-14-13-18-9-11-21(26-3)12-10-18/h5-12H,4,13-17H2,1-3H3,(H2,23,24,25). The van der Waals surface area contributed by atoms with E-state index in [0.717, 1.165) is 37.7 Å². The van der Waals surface area contributed by atoms with Crippen molar-refractivity contribution in [1.82, 2.24) is 10.6 Å². The summed E-state index contributed by atoms with van der Waals surface area (Å²) in [5.74, 6) is 1.68. The smallest absolute Gasteiger partial charge is 0.191 e. The molecule has 0 unspecified atom stereocenters. The molecule has 0 aromatic heterocycles. The zero-order chi connectivity index (χ0) is 19.3. The number of nitrogens with zero attached hydrogens (tertiary/aromatic N) is 1. The molecule has 0 amide bonds. The Labute approximate surface area is 162 Å². The summed E-state index contributed by atoms with van der Waals surface area (Å²) in [7, 11) is 3.47.